The van der Waals surface area contributed by atoms with Gasteiger partial charge in [0.25, 0.3) is 0 Å². The van der Waals surface area contributed by atoms with E-state index < -0.39 is 0 Å². The fourth-order valence-electron chi connectivity index (χ4n) is 0.747. The highest BCUT2D eigenvalue weighted by Gasteiger charge is 1.88. The monoisotopic (exact) mass is 145 g/mol. The van der Waals surface area contributed by atoms with Gasteiger partial charge < -0.3 is 16.0 Å². The average molecular weight is 145 g/mol. The van der Waals surface area contributed by atoms with E-state index in [2.05, 4.69) is 24.3 Å². The lowest BCUT2D eigenvalue weighted by atomic mass is 10.4. The van der Waals surface area contributed by atoms with Crippen molar-refractivity contribution >= 4 is 0 Å². The van der Waals surface area contributed by atoms with Crippen LogP contribution in [0.2, 0.25) is 0 Å². The summed E-state index contributed by atoms with van der Waals surface area (Å²) in [5.74, 6) is 0. The standard InChI is InChI=1S/C7H19N3/c1-10(2)7-3-5-9-6-4-8/h9H,3-8H2,1-2H3. The second kappa shape index (κ2) is 6.99. The first-order valence-corrected chi connectivity index (χ1v) is 3.83. The molecule has 0 rings (SSSR count). The summed E-state index contributed by atoms with van der Waals surface area (Å²) >= 11 is 0. The summed E-state index contributed by atoms with van der Waals surface area (Å²) in [6.45, 7) is 3.91. The molecule has 0 atom stereocenters. The molecule has 3 nitrogen and oxygen atoms in total. The van der Waals surface area contributed by atoms with E-state index in [0.29, 0.717) is 0 Å². The molecule has 0 aliphatic heterocycles. The van der Waals surface area contributed by atoms with Gasteiger partial charge in [-0.3, -0.25) is 0 Å². The molecule has 0 aromatic carbocycles. The molecule has 0 fully saturated rings. The average Bonchev–Trinajstić information content (AvgIpc) is 1.87. The van der Waals surface area contributed by atoms with Gasteiger partial charge in [0.1, 0.15) is 0 Å². The third-order valence-electron chi connectivity index (χ3n) is 1.28. The van der Waals surface area contributed by atoms with E-state index in [1.807, 2.05) is 0 Å². The molecule has 0 bridgehead atoms. The molecule has 3 heteroatoms. The molecule has 0 heterocycles. The van der Waals surface area contributed by atoms with E-state index in [9.17, 15) is 0 Å². The van der Waals surface area contributed by atoms with Crippen LogP contribution in [0.4, 0.5) is 0 Å². The van der Waals surface area contributed by atoms with Crippen LogP contribution in [0.1, 0.15) is 6.42 Å². The Morgan fingerprint density at radius 3 is 2.50 bits per heavy atom. The van der Waals surface area contributed by atoms with Gasteiger partial charge >= 0.3 is 0 Å². The van der Waals surface area contributed by atoms with Crippen LogP contribution in [0, 0.1) is 0 Å². The lowest BCUT2D eigenvalue weighted by Crippen LogP contribution is -2.25. The smallest absolute Gasteiger partial charge is 0.00745 e. The number of rotatable bonds is 6. The summed E-state index contributed by atoms with van der Waals surface area (Å²) in [6, 6.07) is 0. The highest BCUT2D eigenvalue weighted by molar-refractivity contribution is 4.50. The summed E-state index contributed by atoms with van der Waals surface area (Å²) in [7, 11) is 4.17. The number of nitrogens with one attached hydrogen (secondary N) is 1. The van der Waals surface area contributed by atoms with Gasteiger partial charge in [-0.1, -0.05) is 0 Å². The summed E-state index contributed by atoms with van der Waals surface area (Å²) in [6.07, 6.45) is 1.20. The fourth-order valence-corrected chi connectivity index (χ4v) is 0.747. The van der Waals surface area contributed by atoms with Gasteiger partial charge in [0, 0.05) is 13.1 Å². The predicted octanol–water partition coefficient (Wildman–Crippen LogP) is -0.514. The Kier molecular flexibility index (Phi) is 6.91. The van der Waals surface area contributed by atoms with Crippen LogP contribution >= 0.6 is 0 Å². The van der Waals surface area contributed by atoms with Crippen molar-refractivity contribution in [3.8, 4) is 0 Å². The summed E-state index contributed by atoms with van der Waals surface area (Å²) < 4.78 is 0. The van der Waals surface area contributed by atoms with E-state index in [1.165, 1.54) is 6.42 Å². The Bertz CT molecular complexity index is 63.9. The Balaban J connectivity index is 2.77. The lowest BCUT2D eigenvalue weighted by molar-refractivity contribution is 0.395. The maximum absolute atomic E-state index is 5.30. The molecule has 0 amide bonds. The zero-order valence-corrected chi connectivity index (χ0v) is 7.06. The van der Waals surface area contributed by atoms with Crippen molar-refractivity contribution in [3.63, 3.8) is 0 Å². The van der Waals surface area contributed by atoms with Crippen molar-refractivity contribution < 1.29 is 0 Å². The van der Waals surface area contributed by atoms with E-state index in [-0.39, 0.29) is 0 Å². The van der Waals surface area contributed by atoms with Gasteiger partial charge in [0.05, 0.1) is 0 Å². The molecule has 0 saturated carbocycles. The highest BCUT2D eigenvalue weighted by atomic mass is 15.1. The molecule has 0 aromatic rings. The van der Waals surface area contributed by atoms with Gasteiger partial charge in [-0.2, -0.15) is 0 Å². The number of nitrogens with zero attached hydrogens (tertiary/aromatic N) is 1. The van der Waals surface area contributed by atoms with Crippen molar-refractivity contribution in [2.24, 2.45) is 5.73 Å². The third kappa shape index (κ3) is 7.88. The first-order chi connectivity index (χ1) is 4.77. The second-order valence-electron chi connectivity index (χ2n) is 2.70. The van der Waals surface area contributed by atoms with Crippen LogP contribution in [0.25, 0.3) is 0 Å². The minimum absolute atomic E-state index is 0.738. The first-order valence-electron chi connectivity index (χ1n) is 3.83. The molecule has 0 spiro atoms. The maximum atomic E-state index is 5.30. The number of nitrogens with two attached hydrogens (primary N) is 1. The van der Waals surface area contributed by atoms with E-state index >= 15 is 0 Å². The molecule has 0 radical (unpaired) electrons. The quantitative estimate of drug-likeness (QED) is 0.494. The lowest BCUT2D eigenvalue weighted by Gasteiger charge is -2.08. The van der Waals surface area contributed by atoms with Crippen molar-refractivity contribution in [3.05, 3.63) is 0 Å². The van der Waals surface area contributed by atoms with Crippen LogP contribution < -0.4 is 11.1 Å². The van der Waals surface area contributed by atoms with E-state index in [0.717, 1.165) is 26.2 Å². The molecule has 0 unspecified atom stereocenters. The largest absolute Gasteiger partial charge is 0.329 e. The van der Waals surface area contributed by atoms with Crippen molar-refractivity contribution in [2.45, 2.75) is 6.42 Å². The van der Waals surface area contributed by atoms with Crippen LogP contribution in [0.3, 0.4) is 0 Å². The summed E-state index contributed by atoms with van der Waals surface area (Å²) in [5, 5.41) is 3.24. The minimum atomic E-state index is 0.738. The Labute approximate surface area is 63.6 Å². The Hall–Kier alpha value is -0.120. The zero-order valence-electron chi connectivity index (χ0n) is 7.06. The normalized spacial score (nSPS) is 10.8. The van der Waals surface area contributed by atoms with E-state index in [1.54, 1.807) is 0 Å². The molecule has 10 heavy (non-hydrogen) atoms. The zero-order chi connectivity index (χ0) is 7.82. The molecule has 0 saturated heterocycles. The second-order valence-corrected chi connectivity index (χ2v) is 2.70. The fraction of sp³-hybridized carbons (Fsp3) is 1.00. The topological polar surface area (TPSA) is 41.3 Å². The Morgan fingerprint density at radius 1 is 1.30 bits per heavy atom. The molecule has 0 aliphatic carbocycles. The van der Waals surface area contributed by atoms with Crippen LogP contribution in [0.15, 0.2) is 0 Å². The first kappa shape index (κ1) is 9.88. The van der Waals surface area contributed by atoms with Gasteiger partial charge in [-0.15, -0.1) is 0 Å². The van der Waals surface area contributed by atoms with Crippen molar-refractivity contribution in [2.75, 3.05) is 40.3 Å². The minimum Gasteiger partial charge on any atom is -0.329 e. The summed E-state index contributed by atoms with van der Waals surface area (Å²) in [4.78, 5) is 2.18. The van der Waals surface area contributed by atoms with Crippen LogP contribution in [-0.2, 0) is 0 Å². The van der Waals surface area contributed by atoms with Gasteiger partial charge in [0.2, 0.25) is 0 Å². The Morgan fingerprint density at radius 2 is 2.00 bits per heavy atom. The molecule has 0 aromatic heterocycles. The van der Waals surface area contributed by atoms with Crippen molar-refractivity contribution in [1.29, 1.82) is 0 Å². The van der Waals surface area contributed by atoms with Crippen LogP contribution in [0.5, 0.6) is 0 Å². The highest BCUT2D eigenvalue weighted by Crippen LogP contribution is 1.79. The summed E-state index contributed by atoms with van der Waals surface area (Å²) in [5.41, 5.74) is 5.30. The molecular weight excluding hydrogens is 126 g/mol. The third-order valence-corrected chi connectivity index (χ3v) is 1.28. The number of hydrogen-bond donors (Lipinski definition) is 2. The predicted molar refractivity (Wildman–Crippen MR) is 45.1 cm³/mol. The molecule has 3 N–H and O–H groups in total. The number of hydrogen-bond acceptors (Lipinski definition) is 3. The van der Waals surface area contributed by atoms with E-state index in [4.69, 9.17) is 5.73 Å². The van der Waals surface area contributed by atoms with Gasteiger partial charge in [-0.25, -0.2) is 0 Å². The molecular formula is C7H19N3. The molecule has 0 aliphatic rings. The molecule has 62 valence electrons. The van der Waals surface area contributed by atoms with Crippen molar-refractivity contribution in [1.82, 2.24) is 10.2 Å². The van der Waals surface area contributed by atoms with Gasteiger partial charge in [-0.05, 0) is 33.6 Å². The van der Waals surface area contributed by atoms with Gasteiger partial charge in [0.15, 0.2) is 0 Å². The SMILES string of the molecule is CN(C)CCCNCCN. The maximum Gasteiger partial charge on any atom is 0.00745 e. The van der Waals surface area contributed by atoms with Crippen LogP contribution in [-0.4, -0.2) is 45.2 Å².